The number of aromatic nitrogens is 4. The fourth-order valence-electron chi connectivity index (χ4n) is 6.56. The average molecular weight is 852 g/mol. The number of para-hydroxylation sites is 2. The number of aryl methyl sites for hydroxylation is 2. The number of hydrogen-bond donors (Lipinski definition) is 2. The number of benzene rings is 3. The molecule has 0 spiro atoms. The molecule has 0 atom stereocenters. The number of sulfonamides is 1. The molecule has 2 aromatic heterocycles. The summed E-state index contributed by atoms with van der Waals surface area (Å²) in [7, 11) is -6.78. The van der Waals surface area contributed by atoms with E-state index >= 15 is 0 Å². The number of unbranched alkanes of at least 4 members (excludes halogenated alkanes) is 2. The summed E-state index contributed by atoms with van der Waals surface area (Å²) in [5.41, 5.74) is 4.11. The molecule has 59 heavy (non-hydrogen) atoms. The highest BCUT2D eigenvalue weighted by Gasteiger charge is 2.30. The molecule has 0 amide bonds. The molecule has 1 saturated heterocycles. The number of fused-ring (bicyclic) bond motifs is 2. The first kappa shape index (κ1) is 46.1. The Labute approximate surface area is 343 Å². The summed E-state index contributed by atoms with van der Waals surface area (Å²) in [6, 6.07) is 22.3. The van der Waals surface area contributed by atoms with Gasteiger partial charge in [-0.15, -0.1) is 12.6 Å². The highest BCUT2D eigenvalue weighted by Crippen LogP contribution is 2.31. The molecule has 1 aliphatic rings. The molecule has 0 unspecified atom stereocenters. The third kappa shape index (κ3) is 14.3. The zero-order valence-electron chi connectivity index (χ0n) is 33.1. The van der Waals surface area contributed by atoms with Crippen LogP contribution < -0.4 is 11.1 Å². The molecule has 1 aliphatic heterocycles. The second-order valence-electron chi connectivity index (χ2n) is 13.5. The van der Waals surface area contributed by atoms with Crippen LogP contribution >= 0.6 is 0 Å². The van der Waals surface area contributed by atoms with Gasteiger partial charge in [0.15, 0.2) is 0 Å². The van der Waals surface area contributed by atoms with Crippen LogP contribution in [0.3, 0.4) is 0 Å². The molecule has 0 radical (unpaired) electrons. The van der Waals surface area contributed by atoms with E-state index in [-0.39, 0.29) is 28.0 Å². The van der Waals surface area contributed by atoms with Crippen molar-refractivity contribution in [1.29, 1.82) is 0 Å². The highest BCUT2D eigenvalue weighted by molar-refractivity contribution is 7.89. The van der Waals surface area contributed by atoms with Crippen LogP contribution in [0.2, 0.25) is 0 Å². The Morgan fingerprint density at radius 2 is 1.20 bits per heavy atom. The molecule has 0 saturated carbocycles. The Balaban J connectivity index is 0.000000270. The van der Waals surface area contributed by atoms with Gasteiger partial charge in [-0.05, 0) is 107 Å². The van der Waals surface area contributed by atoms with Gasteiger partial charge in [-0.2, -0.15) is 4.31 Å². The van der Waals surface area contributed by atoms with Crippen LogP contribution in [0, 0.1) is 0 Å². The molecule has 0 aliphatic carbocycles. The summed E-state index contributed by atoms with van der Waals surface area (Å²) < 4.78 is 63.3. The van der Waals surface area contributed by atoms with E-state index < -0.39 is 20.6 Å². The van der Waals surface area contributed by atoms with Crippen molar-refractivity contribution >= 4 is 54.6 Å². The molecular formula is C41H49N5O11S2. The van der Waals surface area contributed by atoms with Crippen LogP contribution in [0.15, 0.2) is 87.3 Å². The van der Waals surface area contributed by atoms with Crippen molar-refractivity contribution < 1.29 is 40.1 Å². The fourth-order valence-corrected chi connectivity index (χ4v) is 8.05. The summed E-state index contributed by atoms with van der Waals surface area (Å²) in [5.74, 6) is -0.0826. The number of ether oxygens (including phenoxy) is 2. The van der Waals surface area contributed by atoms with E-state index in [1.165, 1.54) is 22.0 Å². The summed E-state index contributed by atoms with van der Waals surface area (Å²) in [6.07, 6.45) is 5.84. The van der Waals surface area contributed by atoms with Gasteiger partial charge in [-0.1, -0.05) is 42.5 Å². The van der Waals surface area contributed by atoms with E-state index in [2.05, 4.69) is 32.1 Å². The van der Waals surface area contributed by atoms with E-state index in [1.54, 1.807) is 19.9 Å². The van der Waals surface area contributed by atoms with Crippen molar-refractivity contribution in [2.24, 2.45) is 0 Å². The van der Waals surface area contributed by atoms with Crippen molar-refractivity contribution in [2.75, 3.05) is 26.3 Å². The van der Waals surface area contributed by atoms with E-state index in [4.69, 9.17) is 22.1 Å². The molecule has 316 valence electrons. The van der Waals surface area contributed by atoms with Crippen molar-refractivity contribution in [2.45, 2.75) is 88.9 Å². The first-order chi connectivity index (χ1) is 28.3. The lowest BCUT2D eigenvalue weighted by Crippen LogP contribution is -2.37. The summed E-state index contributed by atoms with van der Waals surface area (Å²) in [6.45, 7) is 5.23. The molecule has 18 heteroatoms. The van der Waals surface area contributed by atoms with E-state index in [9.17, 15) is 27.6 Å². The summed E-state index contributed by atoms with van der Waals surface area (Å²) in [5, 5.41) is 0. The zero-order valence-corrected chi connectivity index (χ0v) is 34.7. The number of aromatic amines is 2. The standard InChI is InChI=1S/C26H31N3O5S.C15H18N2O3.O3S/c1-2-34-25(30)11-7-6-10-23-26(31)28-22-13-12-21(18-24(22)27-23)35(32,33)29-16-14-20(15-17-29)19-8-4-3-5-9-19;1-2-20-14(18)10-6-5-9-13-15(19)17-12-8-4-3-7-11(12)16-13;1-4(2)3/h3-5,8-9,12-13,18,20H,2,6-7,10-11,14-17H2,1H3,(H,28,31);3-4,7-8H,2,5-6,9-10H2,1H3,(H,17,19);. The first-order valence-corrected chi connectivity index (χ1v) is 21.9. The molecule has 2 N–H and O–H groups in total. The number of rotatable bonds is 15. The van der Waals surface area contributed by atoms with Gasteiger partial charge in [0.2, 0.25) is 10.0 Å². The van der Waals surface area contributed by atoms with Crippen LogP contribution in [0.25, 0.3) is 22.1 Å². The maximum absolute atomic E-state index is 13.3. The molecule has 3 aromatic carbocycles. The molecule has 16 nitrogen and oxygen atoms in total. The second-order valence-corrected chi connectivity index (χ2v) is 15.9. The van der Waals surface area contributed by atoms with Crippen LogP contribution in [0.4, 0.5) is 0 Å². The predicted octanol–water partition coefficient (Wildman–Crippen LogP) is 4.96. The smallest absolute Gasteiger partial charge is 0.425 e. The monoisotopic (exact) mass is 851 g/mol. The van der Waals surface area contributed by atoms with Crippen LogP contribution in [0.5, 0.6) is 0 Å². The van der Waals surface area contributed by atoms with E-state index in [0.717, 1.165) is 30.3 Å². The number of esters is 2. The number of H-pyrrole nitrogens is 2. The van der Waals surface area contributed by atoms with Gasteiger partial charge in [0.05, 0.1) is 40.2 Å². The van der Waals surface area contributed by atoms with Gasteiger partial charge >= 0.3 is 22.5 Å². The normalized spacial score (nSPS) is 13.1. The number of nitrogens with zero attached hydrogens (tertiary/aromatic N) is 3. The minimum absolute atomic E-state index is 0.153. The van der Waals surface area contributed by atoms with Crippen molar-refractivity contribution in [3.05, 3.63) is 110 Å². The van der Waals surface area contributed by atoms with Gasteiger partial charge in [-0.3, -0.25) is 19.2 Å². The number of carbonyl (C=O) groups is 2. The highest BCUT2D eigenvalue weighted by atomic mass is 32.2. The maximum Gasteiger partial charge on any atom is 0.425 e. The number of carbonyl (C=O) groups excluding carboxylic acids is 2. The Bertz CT molecular complexity index is 2510. The quantitative estimate of drug-likeness (QED) is 0.105. The van der Waals surface area contributed by atoms with Gasteiger partial charge in [0.1, 0.15) is 11.4 Å². The Morgan fingerprint density at radius 3 is 1.75 bits per heavy atom. The second kappa shape index (κ2) is 23.1. The summed E-state index contributed by atoms with van der Waals surface area (Å²) in [4.78, 5) is 61.5. The van der Waals surface area contributed by atoms with Crippen LogP contribution in [-0.2, 0) is 52.5 Å². The van der Waals surface area contributed by atoms with E-state index in [1.807, 2.05) is 42.5 Å². The maximum atomic E-state index is 13.3. The lowest BCUT2D eigenvalue weighted by Gasteiger charge is -2.31. The summed E-state index contributed by atoms with van der Waals surface area (Å²) >= 11 is 0. The van der Waals surface area contributed by atoms with Crippen LogP contribution in [0.1, 0.15) is 88.1 Å². The molecule has 1 fully saturated rings. The van der Waals surface area contributed by atoms with Crippen LogP contribution in [-0.4, -0.2) is 83.5 Å². The van der Waals surface area contributed by atoms with Gasteiger partial charge < -0.3 is 19.4 Å². The van der Waals surface area contributed by atoms with Gasteiger partial charge in [0, 0.05) is 25.9 Å². The molecule has 0 bridgehead atoms. The Morgan fingerprint density at radius 1 is 0.712 bits per heavy atom. The topological polar surface area (TPSA) is 233 Å². The van der Waals surface area contributed by atoms with Gasteiger partial charge in [-0.25, -0.2) is 18.4 Å². The predicted molar refractivity (Wildman–Crippen MR) is 220 cm³/mol. The molecule has 5 aromatic rings. The lowest BCUT2D eigenvalue weighted by molar-refractivity contribution is -0.144. The largest absolute Gasteiger partial charge is 0.466 e. The zero-order chi connectivity index (χ0) is 42.8. The molecular weight excluding hydrogens is 803 g/mol. The number of hydrogen-bond acceptors (Lipinski definition) is 13. The average Bonchev–Trinajstić information content (AvgIpc) is 3.22. The molecule has 3 heterocycles. The minimum Gasteiger partial charge on any atom is -0.466 e. The third-order valence-electron chi connectivity index (χ3n) is 9.47. The first-order valence-electron chi connectivity index (χ1n) is 19.5. The van der Waals surface area contributed by atoms with Crippen molar-refractivity contribution in [3.63, 3.8) is 0 Å². The van der Waals surface area contributed by atoms with Gasteiger partial charge in [0.25, 0.3) is 11.1 Å². The number of nitrogens with one attached hydrogen (secondary N) is 2. The lowest BCUT2D eigenvalue weighted by atomic mass is 9.90. The fraction of sp³-hybridized carbons (Fsp3) is 0.415. The Kier molecular flexibility index (Phi) is 18.1. The van der Waals surface area contributed by atoms with Crippen molar-refractivity contribution in [3.8, 4) is 0 Å². The third-order valence-corrected chi connectivity index (χ3v) is 11.4. The van der Waals surface area contributed by atoms with E-state index in [0.29, 0.717) is 99.6 Å². The molecule has 6 rings (SSSR count). The minimum atomic E-state index is -3.67. The number of piperidine rings is 1. The van der Waals surface area contributed by atoms with Crippen molar-refractivity contribution in [1.82, 2.24) is 24.2 Å². The Hall–Kier alpha value is -5.59. The SMILES string of the molecule is CCOC(=O)CCCCc1nc2cc(S(=O)(=O)N3CCC(c4ccccc4)CC3)ccc2[nH]c1=O.CCOC(=O)CCCCc1nc2ccccc2[nH]c1=O.O=S(=O)=O.